The van der Waals surface area contributed by atoms with Gasteiger partial charge in [0.05, 0.1) is 5.92 Å². The summed E-state index contributed by atoms with van der Waals surface area (Å²) in [6.45, 7) is 1.60. The van der Waals surface area contributed by atoms with Crippen molar-refractivity contribution >= 4 is 31.0 Å². The maximum atomic E-state index is 11.4. The topological polar surface area (TPSA) is 89.8 Å². The Kier molecular flexibility index (Phi) is 6.49. The van der Waals surface area contributed by atoms with E-state index < -0.39 is 19.0 Å². The number of carboxylic acids is 1. The summed E-state index contributed by atoms with van der Waals surface area (Å²) < 4.78 is 0. The Labute approximate surface area is 124 Å². The molecule has 1 aromatic rings. The van der Waals surface area contributed by atoms with E-state index in [0.717, 1.165) is 25.1 Å². The summed E-state index contributed by atoms with van der Waals surface area (Å²) in [6, 6.07) is 6.81. The van der Waals surface area contributed by atoms with Crippen molar-refractivity contribution < 1.29 is 19.9 Å². The number of nitrogens with one attached hydrogen (secondary N) is 1. The Morgan fingerprint density at radius 3 is 2.75 bits per heavy atom. The lowest BCUT2D eigenvalue weighted by Gasteiger charge is -2.19. The van der Waals surface area contributed by atoms with Crippen molar-refractivity contribution in [2.75, 3.05) is 13.1 Å². The zero-order valence-electron chi connectivity index (χ0n) is 11.0. The first-order valence-corrected chi connectivity index (χ1v) is 6.46. The van der Waals surface area contributed by atoms with Crippen molar-refractivity contribution in [1.82, 2.24) is 5.32 Å². The number of halogens is 1. The fraction of sp³-hybridized carbons (Fsp3) is 0.462. The van der Waals surface area contributed by atoms with E-state index in [1.54, 1.807) is 18.2 Å². The highest BCUT2D eigenvalue weighted by molar-refractivity contribution is 6.58. The summed E-state index contributed by atoms with van der Waals surface area (Å²) in [5, 5.41) is 30.8. The van der Waals surface area contributed by atoms with E-state index in [0.29, 0.717) is 11.9 Å². The maximum absolute atomic E-state index is 11.4. The molecule has 2 atom stereocenters. The summed E-state index contributed by atoms with van der Waals surface area (Å²) in [4.78, 5) is 11.4. The molecule has 0 aromatic heterocycles. The second-order valence-electron chi connectivity index (χ2n) is 5.02. The first kappa shape index (κ1) is 17.0. The van der Waals surface area contributed by atoms with Crippen LogP contribution in [0, 0.1) is 11.8 Å². The quantitative estimate of drug-likeness (QED) is 0.558. The van der Waals surface area contributed by atoms with Gasteiger partial charge in [-0.1, -0.05) is 24.3 Å². The van der Waals surface area contributed by atoms with Crippen LogP contribution >= 0.6 is 12.4 Å². The van der Waals surface area contributed by atoms with Gasteiger partial charge in [-0.3, -0.25) is 4.79 Å². The van der Waals surface area contributed by atoms with Crippen molar-refractivity contribution in [2.24, 2.45) is 11.8 Å². The van der Waals surface area contributed by atoms with Gasteiger partial charge in [0.25, 0.3) is 0 Å². The molecule has 7 heteroatoms. The molecule has 5 nitrogen and oxygen atoms in total. The molecule has 0 unspecified atom stereocenters. The molecule has 1 aliphatic heterocycles. The Hall–Kier alpha value is -1.08. The van der Waals surface area contributed by atoms with Crippen LogP contribution in [0.4, 0.5) is 0 Å². The standard InChI is InChI=1S/C13H18BNO4.ClH/c16-13(17)12(10-4-5-15-8-10)7-9-2-1-3-11(6-9)14(18)19;/h1-3,6,10,12,15,18-19H,4-5,7-8H2,(H,16,17);1H/t10-,12-;/m0./s1. The van der Waals surface area contributed by atoms with Crippen LogP contribution in [0.2, 0.25) is 0 Å². The van der Waals surface area contributed by atoms with Gasteiger partial charge in [0.15, 0.2) is 0 Å². The first-order chi connectivity index (χ1) is 9.08. The average Bonchev–Trinajstić information content (AvgIpc) is 2.89. The molecule has 4 N–H and O–H groups in total. The fourth-order valence-corrected chi connectivity index (χ4v) is 2.61. The summed E-state index contributed by atoms with van der Waals surface area (Å²) in [6.07, 6.45) is 1.29. The third-order valence-corrected chi connectivity index (χ3v) is 3.69. The SMILES string of the molecule is Cl.O=C(O)[C@@H](Cc1cccc(B(O)O)c1)[C@H]1CCNC1. The molecule has 1 fully saturated rings. The number of rotatable bonds is 5. The monoisotopic (exact) mass is 299 g/mol. The molecule has 2 rings (SSSR count). The second-order valence-corrected chi connectivity index (χ2v) is 5.02. The van der Waals surface area contributed by atoms with Crippen molar-refractivity contribution in [3.63, 3.8) is 0 Å². The largest absolute Gasteiger partial charge is 0.488 e. The summed E-state index contributed by atoms with van der Waals surface area (Å²) in [5.41, 5.74) is 1.22. The molecule has 1 aliphatic rings. The normalized spacial score (nSPS) is 19.2. The summed E-state index contributed by atoms with van der Waals surface area (Å²) >= 11 is 0. The smallest absolute Gasteiger partial charge is 0.481 e. The Morgan fingerprint density at radius 2 is 2.20 bits per heavy atom. The van der Waals surface area contributed by atoms with Gasteiger partial charge in [-0.05, 0) is 42.9 Å². The molecule has 1 saturated heterocycles. The van der Waals surface area contributed by atoms with E-state index in [-0.39, 0.29) is 18.3 Å². The van der Waals surface area contributed by atoms with Gasteiger partial charge in [0.2, 0.25) is 0 Å². The van der Waals surface area contributed by atoms with Crippen molar-refractivity contribution in [3.8, 4) is 0 Å². The number of benzene rings is 1. The highest BCUT2D eigenvalue weighted by Crippen LogP contribution is 2.23. The number of hydrogen-bond acceptors (Lipinski definition) is 4. The highest BCUT2D eigenvalue weighted by atomic mass is 35.5. The molecule has 110 valence electrons. The zero-order valence-corrected chi connectivity index (χ0v) is 11.8. The molecule has 1 aromatic carbocycles. The molecular formula is C13H19BClNO4. The second kappa shape index (κ2) is 7.64. The minimum absolute atomic E-state index is 0. The molecule has 0 radical (unpaired) electrons. The molecule has 0 aliphatic carbocycles. The number of carbonyl (C=O) groups is 1. The lowest BCUT2D eigenvalue weighted by molar-refractivity contribution is -0.143. The Morgan fingerprint density at radius 1 is 1.45 bits per heavy atom. The van der Waals surface area contributed by atoms with Crippen LogP contribution in [0.3, 0.4) is 0 Å². The molecule has 1 heterocycles. The van der Waals surface area contributed by atoms with E-state index >= 15 is 0 Å². The van der Waals surface area contributed by atoms with Gasteiger partial charge in [0.1, 0.15) is 0 Å². The van der Waals surface area contributed by atoms with Crippen LogP contribution < -0.4 is 10.8 Å². The zero-order chi connectivity index (χ0) is 13.8. The van der Waals surface area contributed by atoms with E-state index in [2.05, 4.69) is 5.32 Å². The molecule has 20 heavy (non-hydrogen) atoms. The first-order valence-electron chi connectivity index (χ1n) is 6.46. The lowest BCUT2D eigenvalue weighted by Crippen LogP contribution is -2.31. The third kappa shape index (κ3) is 4.21. The van der Waals surface area contributed by atoms with E-state index in [1.807, 2.05) is 6.07 Å². The van der Waals surface area contributed by atoms with Crippen LogP contribution in [0.15, 0.2) is 24.3 Å². The minimum Gasteiger partial charge on any atom is -0.481 e. The van der Waals surface area contributed by atoms with Crippen LogP contribution in [0.1, 0.15) is 12.0 Å². The van der Waals surface area contributed by atoms with Gasteiger partial charge in [-0.25, -0.2) is 0 Å². The summed E-state index contributed by atoms with van der Waals surface area (Å²) in [7, 11) is -1.52. The molecule has 0 amide bonds. The van der Waals surface area contributed by atoms with Gasteiger partial charge in [-0.2, -0.15) is 0 Å². The molecule has 0 bridgehead atoms. The fourth-order valence-electron chi connectivity index (χ4n) is 2.61. The van der Waals surface area contributed by atoms with Crippen LogP contribution in [-0.4, -0.2) is 41.3 Å². The number of aliphatic carboxylic acids is 1. The highest BCUT2D eigenvalue weighted by Gasteiger charge is 2.30. The van der Waals surface area contributed by atoms with Crippen molar-refractivity contribution in [1.29, 1.82) is 0 Å². The van der Waals surface area contributed by atoms with E-state index in [1.165, 1.54) is 0 Å². The Bertz CT molecular complexity index is 452. The van der Waals surface area contributed by atoms with Crippen LogP contribution in [-0.2, 0) is 11.2 Å². The van der Waals surface area contributed by atoms with Gasteiger partial charge < -0.3 is 20.5 Å². The third-order valence-electron chi connectivity index (χ3n) is 3.69. The van der Waals surface area contributed by atoms with E-state index in [9.17, 15) is 9.90 Å². The molecule has 0 saturated carbocycles. The number of carboxylic acid groups (broad SMARTS) is 1. The number of hydrogen-bond donors (Lipinski definition) is 4. The van der Waals surface area contributed by atoms with Crippen LogP contribution in [0.5, 0.6) is 0 Å². The van der Waals surface area contributed by atoms with Gasteiger partial charge in [0, 0.05) is 0 Å². The maximum Gasteiger partial charge on any atom is 0.488 e. The predicted molar refractivity (Wildman–Crippen MR) is 79.3 cm³/mol. The molecular weight excluding hydrogens is 280 g/mol. The lowest BCUT2D eigenvalue weighted by atomic mass is 9.78. The molecule has 0 spiro atoms. The predicted octanol–water partition coefficient (Wildman–Crippen LogP) is -0.359. The minimum atomic E-state index is -1.52. The Balaban J connectivity index is 0.00000200. The van der Waals surface area contributed by atoms with Crippen molar-refractivity contribution in [2.45, 2.75) is 12.8 Å². The average molecular weight is 300 g/mol. The van der Waals surface area contributed by atoms with Gasteiger partial charge >= 0.3 is 13.1 Å². The van der Waals surface area contributed by atoms with Gasteiger partial charge in [-0.15, -0.1) is 12.4 Å². The van der Waals surface area contributed by atoms with E-state index in [4.69, 9.17) is 10.0 Å². The summed E-state index contributed by atoms with van der Waals surface area (Å²) in [5.74, 6) is -1.08. The van der Waals surface area contributed by atoms with Crippen LogP contribution in [0.25, 0.3) is 0 Å². The van der Waals surface area contributed by atoms with Crippen molar-refractivity contribution in [3.05, 3.63) is 29.8 Å².